The molecule has 7 heteroatoms. The number of piperidine rings is 1. The van der Waals surface area contributed by atoms with Crippen molar-refractivity contribution in [2.45, 2.75) is 43.4 Å². The standard InChI is InChI=1S/C23H26N4O3/c1-29-14-10-23(22-25-20(30-26-22)16-4-5-16)8-12-27(13-9-23)21(28)18-6-7-19-17(15-18)3-2-11-24-19/h2-3,6-7,11,15-16H,4-5,8-10,12-14H2,1H3. The van der Waals surface area contributed by atoms with Crippen molar-refractivity contribution >= 4 is 16.8 Å². The fraction of sp³-hybridized carbons (Fsp3) is 0.478. The molecule has 7 nitrogen and oxygen atoms in total. The summed E-state index contributed by atoms with van der Waals surface area (Å²) in [5.74, 6) is 2.05. The third-order valence-corrected chi connectivity index (χ3v) is 6.49. The number of rotatable bonds is 6. The highest BCUT2D eigenvalue weighted by Crippen LogP contribution is 2.42. The van der Waals surface area contributed by atoms with E-state index in [1.165, 1.54) is 0 Å². The van der Waals surface area contributed by atoms with Crippen LogP contribution in [0.15, 0.2) is 41.1 Å². The van der Waals surface area contributed by atoms with Crippen LogP contribution in [0.3, 0.4) is 0 Å². The van der Waals surface area contributed by atoms with Crippen LogP contribution in [0.5, 0.6) is 0 Å². The first-order valence-corrected chi connectivity index (χ1v) is 10.7. The molecular formula is C23H26N4O3. The molecule has 2 aliphatic rings. The second-order valence-electron chi connectivity index (χ2n) is 8.46. The zero-order chi connectivity index (χ0) is 20.6. The van der Waals surface area contributed by atoms with E-state index < -0.39 is 0 Å². The molecule has 1 aromatic carbocycles. The summed E-state index contributed by atoms with van der Waals surface area (Å²) in [7, 11) is 1.72. The first-order valence-electron chi connectivity index (χ1n) is 10.7. The number of nitrogens with zero attached hydrogens (tertiary/aromatic N) is 4. The van der Waals surface area contributed by atoms with Crippen LogP contribution in [0, 0.1) is 0 Å². The largest absolute Gasteiger partial charge is 0.385 e. The molecule has 0 radical (unpaired) electrons. The summed E-state index contributed by atoms with van der Waals surface area (Å²) in [6, 6.07) is 9.58. The predicted molar refractivity (Wildman–Crippen MR) is 111 cm³/mol. The zero-order valence-corrected chi connectivity index (χ0v) is 17.2. The summed E-state index contributed by atoms with van der Waals surface area (Å²) in [5.41, 5.74) is 1.40. The van der Waals surface area contributed by atoms with E-state index in [9.17, 15) is 4.79 Å². The van der Waals surface area contributed by atoms with Gasteiger partial charge in [0.25, 0.3) is 5.91 Å². The van der Waals surface area contributed by atoms with Gasteiger partial charge in [-0.3, -0.25) is 9.78 Å². The number of hydrogen-bond acceptors (Lipinski definition) is 6. The lowest BCUT2D eigenvalue weighted by Gasteiger charge is -2.39. The van der Waals surface area contributed by atoms with E-state index in [4.69, 9.17) is 14.2 Å². The lowest BCUT2D eigenvalue weighted by Crippen LogP contribution is -2.46. The maximum Gasteiger partial charge on any atom is 0.253 e. The molecule has 3 heterocycles. The molecule has 0 atom stereocenters. The molecule has 2 fully saturated rings. The Bertz CT molecular complexity index is 1050. The highest BCUT2D eigenvalue weighted by molar-refractivity contribution is 5.98. The zero-order valence-electron chi connectivity index (χ0n) is 17.2. The Morgan fingerprint density at radius 3 is 2.87 bits per heavy atom. The SMILES string of the molecule is COCCC1(c2noc(C3CC3)n2)CCN(C(=O)c2ccc3ncccc3c2)CC1. The maximum atomic E-state index is 13.1. The van der Waals surface area contributed by atoms with E-state index in [1.807, 2.05) is 35.2 Å². The number of carbonyl (C=O) groups is 1. The van der Waals surface area contributed by atoms with Gasteiger partial charge in [0.05, 0.1) is 5.52 Å². The molecule has 2 aromatic heterocycles. The van der Waals surface area contributed by atoms with Gasteiger partial charge >= 0.3 is 0 Å². The van der Waals surface area contributed by atoms with Crippen molar-refractivity contribution in [3.8, 4) is 0 Å². The number of likely N-dealkylation sites (tertiary alicyclic amines) is 1. The van der Waals surface area contributed by atoms with Crippen molar-refractivity contribution in [2.75, 3.05) is 26.8 Å². The highest BCUT2D eigenvalue weighted by Gasteiger charge is 2.42. The van der Waals surface area contributed by atoms with Crippen LogP contribution in [0.4, 0.5) is 0 Å². The van der Waals surface area contributed by atoms with Crippen LogP contribution in [0.1, 0.15) is 60.1 Å². The van der Waals surface area contributed by atoms with Crippen LogP contribution in [-0.2, 0) is 10.2 Å². The second-order valence-corrected chi connectivity index (χ2v) is 8.46. The molecule has 0 bridgehead atoms. The van der Waals surface area contributed by atoms with Gasteiger partial charge in [-0.05, 0) is 56.4 Å². The number of aromatic nitrogens is 3. The van der Waals surface area contributed by atoms with Crippen LogP contribution < -0.4 is 0 Å². The van der Waals surface area contributed by atoms with Gasteiger partial charge < -0.3 is 14.2 Å². The monoisotopic (exact) mass is 406 g/mol. The van der Waals surface area contributed by atoms with E-state index in [0.29, 0.717) is 31.2 Å². The Balaban J connectivity index is 1.33. The molecule has 5 rings (SSSR count). The number of carbonyl (C=O) groups excluding carboxylic acids is 1. The summed E-state index contributed by atoms with van der Waals surface area (Å²) in [6.07, 6.45) is 6.48. The van der Waals surface area contributed by atoms with Crippen molar-refractivity contribution in [3.63, 3.8) is 0 Å². The van der Waals surface area contributed by atoms with Crippen LogP contribution in [0.2, 0.25) is 0 Å². The molecule has 0 spiro atoms. The van der Waals surface area contributed by atoms with Crippen molar-refractivity contribution in [1.29, 1.82) is 0 Å². The van der Waals surface area contributed by atoms with Crippen molar-refractivity contribution < 1.29 is 14.1 Å². The van der Waals surface area contributed by atoms with Gasteiger partial charge in [0.1, 0.15) is 0 Å². The van der Waals surface area contributed by atoms with E-state index in [-0.39, 0.29) is 11.3 Å². The van der Waals surface area contributed by atoms with Crippen molar-refractivity contribution in [2.24, 2.45) is 0 Å². The molecule has 156 valence electrons. The number of fused-ring (bicyclic) bond motifs is 1. The first-order chi connectivity index (χ1) is 14.7. The average Bonchev–Trinajstić information content (AvgIpc) is 3.53. The topological polar surface area (TPSA) is 81.4 Å². The molecule has 0 N–H and O–H groups in total. The summed E-state index contributed by atoms with van der Waals surface area (Å²) in [6.45, 7) is 1.97. The first kappa shape index (κ1) is 19.2. The second kappa shape index (κ2) is 7.80. The molecule has 1 saturated carbocycles. The normalized spacial score (nSPS) is 18.6. The van der Waals surface area contributed by atoms with Gasteiger partial charge in [0.2, 0.25) is 5.89 Å². The molecule has 1 aliphatic carbocycles. The summed E-state index contributed by atoms with van der Waals surface area (Å²) >= 11 is 0. The minimum absolute atomic E-state index is 0.0628. The van der Waals surface area contributed by atoms with E-state index in [2.05, 4.69) is 10.1 Å². The quantitative estimate of drug-likeness (QED) is 0.621. The third-order valence-electron chi connectivity index (χ3n) is 6.49. The van der Waals surface area contributed by atoms with Gasteiger partial charge in [-0.2, -0.15) is 4.98 Å². The highest BCUT2D eigenvalue weighted by atomic mass is 16.5. The lowest BCUT2D eigenvalue weighted by molar-refractivity contribution is 0.0616. The fourth-order valence-corrected chi connectivity index (χ4v) is 4.36. The molecule has 30 heavy (non-hydrogen) atoms. The Kier molecular flexibility index (Phi) is 4.98. The number of pyridine rings is 1. The van der Waals surface area contributed by atoms with Gasteiger partial charge in [0, 0.05) is 55.3 Å². The Labute approximate surface area is 175 Å². The number of ether oxygens (including phenoxy) is 1. The molecule has 3 aromatic rings. The van der Waals surface area contributed by atoms with Gasteiger partial charge in [0.15, 0.2) is 5.82 Å². The predicted octanol–water partition coefficient (Wildman–Crippen LogP) is 3.71. The smallest absolute Gasteiger partial charge is 0.253 e. The summed E-state index contributed by atoms with van der Waals surface area (Å²) in [5, 5.41) is 5.32. The van der Waals surface area contributed by atoms with Gasteiger partial charge in [-0.15, -0.1) is 0 Å². The van der Waals surface area contributed by atoms with Crippen LogP contribution >= 0.6 is 0 Å². The minimum Gasteiger partial charge on any atom is -0.385 e. The van der Waals surface area contributed by atoms with Gasteiger partial charge in [-0.25, -0.2) is 0 Å². The number of methoxy groups -OCH3 is 1. The molecular weight excluding hydrogens is 380 g/mol. The molecule has 1 aliphatic heterocycles. The maximum absolute atomic E-state index is 13.1. The van der Waals surface area contributed by atoms with Crippen LogP contribution in [0.25, 0.3) is 10.9 Å². The Morgan fingerprint density at radius 2 is 2.10 bits per heavy atom. The number of benzene rings is 1. The van der Waals surface area contributed by atoms with Crippen LogP contribution in [-0.4, -0.2) is 52.7 Å². The van der Waals surface area contributed by atoms with Crippen molar-refractivity contribution in [3.05, 3.63) is 53.8 Å². The average molecular weight is 406 g/mol. The molecule has 0 unspecified atom stereocenters. The Hall–Kier alpha value is -2.80. The lowest BCUT2D eigenvalue weighted by atomic mass is 9.75. The minimum atomic E-state index is -0.198. The number of hydrogen-bond donors (Lipinski definition) is 0. The van der Waals surface area contributed by atoms with Crippen molar-refractivity contribution in [1.82, 2.24) is 20.0 Å². The molecule has 1 saturated heterocycles. The summed E-state index contributed by atoms with van der Waals surface area (Å²) < 4.78 is 10.9. The van der Waals surface area contributed by atoms with Gasteiger partial charge in [-0.1, -0.05) is 11.2 Å². The third kappa shape index (κ3) is 3.58. The number of amides is 1. The fourth-order valence-electron chi connectivity index (χ4n) is 4.36. The van der Waals surface area contributed by atoms with E-state index >= 15 is 0 Å². The Morgan fingerprint density at radius 1 is 1.27 bits per heavy atom. The summed E-state index contributed by atoms with van der Waals surface area (Å²) in [4.78, 5) is 24.1. The van der Waals surface area contributed by atoms with E-state index in [0.717, 1.165) is 54.7 Å². The molecule has 1 amide bonds. The van der Waals surface area contributed by atoms with E-state index in [1.54, 1.807) is 13.3 Å².